The number of sulfone groups is 1. The van der Waals surface area contributed by atoms with Gasteiger partial charge >= 0.3 is 0 Å². The Kier molecular flexibility index (Phi) is 8.37. The Morgan fingerprint density at radius 2 is 1.60 bits per heavy atom. The van der Waals surface area contributed by atoms with Crippen molar-refractivity contribution >= 4 is 15.4 Å². The van der Waals surface area contributed by atoms with Crippen molar-refractivity contribution in [2.75, 3.05) is 37.7 Å². The number of benzene rings is 1. The fourth-order valence-corrected chi connectivity index (χ4v) is 15.0. The van der Waals surface area contributed by atoms with Crippen LogP contribution < -0.4 is 5.32 Å². The SMILES string of the molecule is C=C(C)[C@@H]1CC[C@]2(NCCN3CCS(=O)(=O)CC3)CC[C@]3(C)[C@H](CC[C@@H]4[C@@]5(C)CC=C(c6ccc(C)cc6)C(C)(C)[C@@H]5CC[C@]43C)[C@@H]12. The summed E-state index contributed by atoms with van der Waals surface area (Å²) in [5.74, 6) is 4.08. The highest BCUT2D eigenvalue weighted by Gasteiger charge is 2.70. The van der Waals surface area contributed by atoms with Gasteiger partial charge < -0.3 is 10.2 Å². The monoisotopic (exact) mass is 660 g/mol. The van der Waals surface area contributed by atoms with Gasteiger partial charge in [0.05, 0.1) is 11.5 Å². The smallest absolute Gasteiger partial charge is 0.152 e. The number of nitrogens with zero attached hydrogens (tertiary/aromatic N) is 1. The van der Waals surface area contributed by atoms with E-state index in [1.165, 1.54) is 74.5 Å². The summed E-state index contributed by atoms with van der Waals surface area (Å²) < 4.78 is 24.0. The van der Waals surface area contributed by atoms with Gasteiger partial charge in [-0.25, -0.2) is 8.42 Å². The third-order valence-electron chi connectivity index (χ3n) is 16.3. The van der Waals surface area contributed by atoms with E-state index in [4.69, 9.17) is 0 Å². The molecule has 0 aromatic heterocycles. The lowest BCUT2D eigenvalue weighted by Gasteiger charge is -2.72. The topological polar surface area (TPSA) is 49.4 Å². The number of nitrogens with one attached hydrogen (secondary N) is 1. The summed E-state index contributed by atoms with van der Waals surface area (Å²) in [5, 5.41) is 4.23. The van der Waals surface area contributed by atoms with Crippen molar-refractivity contribution in [3.8, 4) is 0 Å². The highest BCUT2D eigenvalue weighted by atomic mass is 32.2. The third-order valence-corrected chi connectivity index (χ3v) is 18.0. The zero-order chi connectivity index (χ0) is 33.6. The van der Waals surface area contributed by atoms with Crippen LogP contribution in [0.4, 0.5) is 0 Å². The Labute approximate surface area is 287 Å². The van der Waals surface area contributed by atoms with E-state index in [1.54, 1.807) is 5.57 Å². The van der Waals surface area contributed by atoms with Crippen LogP contribution >= 0.6 is 0 Å². The van der Waals surface area contributed by atoms with E-state index in [1.807, 2.05) is 0 Å². The van der Waals surface area contributed by atoms with E-state index in [0.717, 1.165) is 24.9 Å². The molecule has 9 atom stereocenters. The largest absolute Gasteiger partial charge is 0.310 e. The molecule has 0 spiro atoms. The molecule has 0 amide bonds. The first-order valence-corrected chi connectivity index (χ1v) is 21.0. The van der Waals surface area contributed by atoms with E-state index in [-0.39, 0.29) is 11.0 Å². The molecule has 1 N–H and O–H groups in total. The average molecular weight is 661 g/mol. The number of allylic oxidation sites excluding steroid dienone is 3. The van der Waals surface area contributed by atoms with E-state index in [2.05, 4.69) is 95.6 Å². The molecule has 5 fully saturated rings. The molecule has 4 saturated carbocycles. The van der Waals surface area contributed by atoms with Crippen molar-refractivity contribution in [2.45, 2.75) is 112 Å². The molecule has 0 unspecified atom stereocenters. The van der Waals surface area contributed by atoms with Crippen LogP contribution in [0.3, 0.4) is 0 Å². The lowest BCUT2D eigenvalue weighted by atomic mass is 9.33. The first-order chi connectivity index (χ1) is 22.1. The van der Waals surface area contributed by atoms with E-state index in [9.17, 15) is 8.42 Å². The standard InChI is InChI=1S/C42H64N2O2S/c1-29(2)32-15-20-42(43-23-24-44-25-27-47(45,46)28-26-44)22-21-40(7)34(37(32)42)13-14-36-39(6)18-16-33(31-11-9-30(3)10-12-31)38(4,5)35(39)17-19-41(36,40)8/h9-12,16,32,34-37,43H,1,13-15,17-28H2,2-8H3/t32-,34+,35-,36+,37+,39-,40+,41+,42-/m0/s1. The normalized spacial score (nSPS) is 44.0. The van der Waals surface area contributed by atoms with Crippen LogP contribution in [-0.2, 0) is 9.84 Å². The van der Waals surface area contributed by atoms with Gasteiger partial charge in [0, 0.05) is 31.7 Å². The second kappa shape index (κ2) is 11.6. The molecule has 4 nitrogen and oxygen atoms in total. The van der Waals surface area contributed by atoms with Crippen molar-refractivity contribution in [2.24, 2.45) is 51.2 Å². The van der Waals surface area contributed by atoms with Crippen molar-refractivity contribution in [1.82, 2.24) is 10.2 Å². The fraction of sp³-hybridized carbons (Fsp3) is 0.762. The molecule has 5 heteroatoms. The number of rotatable bonds is 6. The molecule has 1 heterocycles. The van der Waals surface area contributed by atoms with Crippen LogP contribution in [0.5, 0.6) is 0 Å². The van der Waals surface area contributed by atoms with E-state index in [0.29, 0.717) is 58.6 Å². The summed E-state index contributed by atoms with van der Waals surface area (Å²) in [6.45, 7) is 25.8. The minimum atomic E-state index is -2.84. The lowest BCUT2D eigenvalue weighted by molar-refractivity contribution is -0.219. The minimum Gasteiger partial charge on any atom is -0.310 e. The van der Waals surface area contributed by atoms with Gasteiger partial charge in [-0.1, -0.05) is 82.7 Å². The van der Waals surface area contributed by atoms with Gasteiger partial charge in [0.25, 0.3) is 0 Å². The summed E-state index contributed by atoms with van der Waals surface area (Å²) >= 11 is 0. The molecule has 1 saturated heterocycles. The maximum atomic E-state index is 12.0. The summed E-state index contributed by atoms with van der Waals surface area (Å²) in [7, 11) is -2.84. The van der Waals surface area contributed by atoms with Crippen molar-refractivity contribution in [1.29, 1.82) is 0 Å². The van der Waals surface area contributed by atoms with Gasteiger partial charge in [0.15, 0.2) is 9.84 Å². The summed E-state index contributed by atoms with van der Waals surface area (Å²) in [4.78, 5) is 2.37. The highest BCUT2D eigenvalue weighted by molar-refractivity contribution is 7.91. The second-order valence-electron chi connectivity index (χ2n) is 18.7. The molecule has 1 aromatic carbocycles. The Morgan fingerprint density at radius 1 is 0.894 bits per heavy atom. The Morgan fingerprint density at radius 3 is 2.28 bits per heavy atom. The molecule has 0 radical (unpaired) electrons. The maximum Gasteiger partial charge on any atom is 0.152 e. The number of fused-ring (bicyclic) bond motifs is 7. The maximum absolute atomic E-state index is 12.0. The molecule has 1 aromatic rings. The lowest BCUT2D eigenvalue weighted by Crippen LogP contribution is -2.68. The van der Waals surface area contributed by atoms with Gasteiger partial charge in [-0.2, -0.15) is 0 Å². The molecular formula is C42H64N2O2S. The second-order valence-corrected chi connectivity index (χ2v) is 21.0. The van der Waals surface area contributed by atoms with Crippen LogP contribution in [-0.4, -0.2) is 56.5 Å². The first kappa shape index (κ1) is 34.0. The van der Waals surface area contributed by atoms with Crippen LogP contribution in [0, 0.1) is 58.2 Å². The zero-order valence-corrected chi connectivity index (χ0v) is 31.6. The fourth-order valence-electron chi connectivity index (χ4n) is 13.7. The third kappa shape index (κ3) is 5.21. The minimum absolute atomic E-state index is 0.169. The molecule has 1 aliphatic heterocycles. The molecular weight excluding hydrogens is 597 g/mol. The summed E-state index contributed by atoms with van der Waals surface area (Å²) in [6.07, 6.45) is 14.4. The molecule has 5 aliphatic carbocycles. The van der Waals surface area contributed by atoms with E-state index < -0.39 is 9.84 Å². The number of hydrogen-bond acceptors (Lipinski definition) is 4. The molecule has 0 bridgehead atoms. The average Bonchev–Trinajstić information content (AvgIpc) is 3.39. The summed E-state index contributed by atoms with van der Waals surface area (Å²) in [6, 6.07) is 9.31. The van der Waals surface area contributed by atoms with Crippen molar-refractivity contribution < 1.29 is 8.42 Å². The first-order valence-electron chi connectivity index (χ1n) is 19.2. The van der Waals surface area contributed by atoms with Crippen LogP contribution in [0.15, 0.2) is 42.5 Å². The van der Waals surface area contributed by atoms with Gasteiger partial charge in [0.2, 0.25) is 0 Å². The predicted octanol–water partition coefficient (Wildman–Crippen LogP) is 8.72. The van der Waals surface area contributed by atoms with Gasteiger partial charge in [-0.15, -0.1) is 0 Å². The molecule has 47 heavy (non-hydrogen) atoms. The van der Waals surface area contributed by atoms with Gasteiger partial charge in [0.1, 0.15) is 0 Å². The van der Waals surface area contributed by atoms with Crippen molar-refractivity contribution in [3.05, 3.63) is 53.6 Å². The van der Waals surface area contributed by atoms with Gasteiger partial charge in [-0.3, -0.25) is 0 Å². The zero-order valence-electron chi connectivity index (χ0n) is 30.8. The van der Waals surface area contributed by atoms with E-state index >= 15 is 0 Å². The Hall–Kier alpha value is -1.43. The summed E-state index contributed by atoms with van der Waals surface area (Å²) in [5.41, 5.74) is 7.13. The number of hydrogen-bond donors (Lipinski definition) is 1. The molecule has 6 aliphatic rings. The molecule has 7 rings (SSSR count). The number of aryl methyl sites for hydroxylation is 1. The quantitative estimate of drug-likeness (QED) is 0.310. The van der Waals surface area contributed by atoms with Crippen molar-refractivity contribution in [3.63, 3.8) is 0 Å². The van der Waals surface area contributed by atoms with Gasteiger partial charge in [-0.05, 0) is 134 Å². The van der Waals surface area contributed by atoms with Crippen LogP contribution in [0.2, 0.25) is 0 Å². The Bertz CT molecular complexity index is 1510. The van der Waals surface area contributed by atoms with Crippen LogP contribution in [0.25, 0.3) is 5.57 Å². The van der Waals surface area contributed by atoms with Crippen LogP contribution in [0.1, 0.15) is 110 Å². The molecule has 260 valence electrons. The highest BCUT2D eigenvalue weighted by Crippen LogP contribution is 2.76. The Balaban J connectivity index is 1.15. The predicted molar refractivity (Wildman–Crippen MR) is 197 cm³/mol.